The average molecular weight is 449 g/mol. The van der Waals surface area contributed by atoms with Crippen molar-refractivity contribution in [1.82, 2.24) is 4.57 Å². The number of benzene rings is 2. The van der Waals surface area contributed by atoms with Gasteiger partial charge >= 0.3 is 0 Å². The summed E-state index contributed by atoms with van der Waals surface area (Å²) in [6.07, 6.45) is 2.46. The van der Waals surface area contributed by atoms with Crippen molar-refractivity contribution in [3.05, 3.63) is 65.0 Å². The summed E-state index contributed by atoms with van der Waals surface area (Å²) in [6.45, 7) is 0.781. The minimum Gasteiger partial charge on any atom is -0.316 e. The second kappa shape index (κ2) is 10.2. The Hall–Kier alpha value is -1.90. The van der Waals surface area contributed by atoms with E-state index in [1.165, 1.54) is 11.3 Å². The van der Waals surface area contributed by atoms with E-state index in [4.69, 9.17) is 0 Å². The smallest absolute Gasteiger partial charge is 0.248 e. The maximum absolute atomic E-state index is 12.4. The quantitative estimate of drug-likeness (QED) is 0.498. The lowest BCUT2D eigenvalue weighted by Gasteiger charge is -2.04. The molecule has 3 rings (SSSR count). The van der Waals surface area contributed by atoms with Crippen molar-refractivity contribution in [2.75, 3.05) is 17.8 Å². The summed E-state index contributed by atoms with van der Waals surface area (Å²) in [6, 6.07) is 17.1. The van der Waals surface area contributed by atoms with Crippen LogP contribution in [0.5, 0.6) is 0 Å². The first-order valence-corrected chi connectivity index (χ1v) is 13.4. The number of carbonyl (C=O) groups excluding carboxylic acids is 1. The van der Waals surface area contributed by atoms with Crippen molar-refractivity contribution in [3.63, 3.8) is 0 Å². The fraction of sp³-hybridized carbons (Fsp3) is 0.333. The van der Waals surface area contributed by atoms with Gasteiger partial charge in [0.1, 0.15) is 0 Å². The average Bonchev–Trinajstić information content (AvgIpc) is 3.03. The highest BCUT2D eigenvalue weighted by atomic mass is 32.2. The van der Waals surface area contributed by atoms with Gasteiger partial charge in [-0.2, -0.15) is 16.8 Å². The number of amides is 1. The van der Waals surface area contributed by atoms with E-state index in [-0.39, 0.29) is 30.3 Å². The molecule has 0 aliphatic rings. The van der Waals surface area contributed by atoms with E-state index in [0.717, 1.165) is 28.1 Å². The Morgan fingerprint density at radius 2 is 1.83 bits per heavy atom. The van der Waals surface area contributed by atoms with Gasteiger partial charge in [0.15, 0.2) is 14.6 Å². The van der Waals surface area contributed by atoms with Gasteiger partial charge in [-0.25, -0.2) is 8.42 Å². The summed E-state index contributed by atoms with van der Waals surface area (Å²) in [5.41, 5.74) is 1.84. The maximum atomic E-state index is 12.4. The Morgan fingerprint density at radius 1 is 1.10 bits per heavy atom. The van der Waals surface area contributed by atoms with Crippen LogP contribution in [0.2, 0.25) is 0 Å². The zero-order chi connectivity index (χ0) is 20.7. The van der Waals surface area contributed by atoms with E-state index in [1.807, 2.05) is 48.7 Å². The van der Waals surface area contributed by atoms with E-state index >= 15 is 0 Å². The number of hydrogen-bond acceptors (Lipinski definition) is 5. The molecule has 0 bridgehead atoms. The maximum Gasteiger partial charge on any atom is 0.248 e. The molecule has 29 heavy (non-hydrogen) atoms. The summed E-state index contributed by atoms with van der Waals surface area (Å²) in [5, 5.41) is 0. The fourth-order valence-electron chi connectivity index (χ4n) is 3.01. The molecule has 0 radical (unpaired) electrons. The molecule has 0 fully saturated rings. The van der Waals surface area contributed by atoms with Gasteiger partial charge in [0.05, 0.1) is 21.7 Å². The van der Waals surface area contributed by atoms with Crippen molar-refractivity contribution < 1.29 is 13.2 Å². The molecule has 0 saturated heterocycles. The van der Waals surface area contributed by atoms with Gasteiger partial charge in [-0.1, -0.05) is 53.8 Å². The van der Waals surface area contributed by atoms with Crippen molar-refractivity contribution in [2.45, 2.75) is 25.1 Å². The molecule has 0 unspecified atom stereocenters. The highest BCUT2D eigenvalue weighted by molar-refractivity contribution is 7.98. The van der Waals surface area contributed by atoms with Crippen LogP contribution in [0.25, 0.3) is 10.2 Å². The number of aryl methyl sites for hydroxylation is 1. The second-order valence-electron chi connectivity index (χ2n) is 6.68. The van der Waals surface area contributed by atoms with Crippen LogP contribution in [0, 0.1) is 0 Å². The van der Waals surface area contributed by atoms with E-state index in [9.17, 15) is 13.2 Å². The van der Waals surface area contributed by atoms with Crippen LogP contribution in [-0.4, -0.2) is 36.7 Å². The number of para-hydroxylation sites is 1. The molecule has 1 aromatic heterocycles. The molecule has 0 aliphatic heterocycles. The number of carbonyl (C=O) groups is 1. The minimum absolute atomic E-state index is 0.00414. The molecule has 1 heterocycles. The molecule has 0 atom stereocenters. The van der Waals surface area contributed by atoms with E-state index in [2.05, 4.69) is 9.56 Å². The molecule has 1 amide bonds. The number of aromatic nitrogens is 1. The van der Waals surface area contributed by atoms with Gasteiger partial charge in [-0.15, -0.1) is 0 Å². The Labute approximate surface area is 179 Å². The SMILES string of the molecule is CSCCn1c(=NC(=O)CCCS(=O)(=O)Cc2ccccc2)sc2ccccc21. The molecule has 0 N–H and O–H groups in total. The molecule has 154 valence electrons. The zero-order valence-electron chi connectivity index (χ0n) is 16.3. The molecule has 3 aromatic rings. The number of nitrogens with zero attached hydrogens (tertiary/aromatic N) is 2. The number of thioether (sulfide) groups is 1. The standard InChI is InChI=1S/C21H24N2O3S3/c1-27-14-13-23-18-10-5-6-11-19(18)28-21(23)22-20(24)12-7-15-29(25,26)16-17-8-3-2-4-9-17/h2-6,8-11H,7,12-16H2,1H3. The van der Waals surface area contributed by atoms with Crippen LogP contribution < -0.4 is 4.80 Å². The Bertz CT molecular complexity index is 1130. The lowest BCUT2D eigenvalue weighted by Crippen LogP contribution is -2.18. The van der Waals surface area contributed by atoms with Crippen molar-refractivity contribution in [2.24, 2.45) is 4.99 Å². The first-order chi connectivity index (χ1) is 14.0. The van der Waals surface area contributed by atoms with Crippen LogP contribution >= 0.6 is 23.1 Å². The summed E-state index contributed by atoms with van der Waals surface area (Å²) >= 11 is 3.24. The number of hydrogen-bond donors (Lipinski definition) is 0. The number of sulfone groups is 1. The first kappa shape index (κ1) is 21.8. The fourth-order valence-corrected chi connectivity index (χ4v) is 5.88. The lowest BCUT2D eigenvalue weighted by atomic mass is 10.2. The van der Waals surface area contributed by atoms with Crippen LogP contribution in [0.4, 0.5) is 0 Å². The Balaban J connectivity index is 1.66. The first-order valence-electron chi connectivity index (χ1n) is 9.38. The van der Waals surface area contributed by atoms with Crippen molar-refractivity contribution >= 4 is 49.1 Å². The highest BCUT2D eigenvalue weighted by Gasteiger charge is 2.13. The Kier molecular flexibility index (Phi) is 7.69. The van der Waals surface area contributed by atoms with Gasteiger partial charge < -0.3 is 4.57 Å². The topological polar surface area (TPSA) is 68.5 Å². The summed E-state index contributed by atoms with van der Waals surface area (Å²) in [7, 11) is -3.24. The normalized spacial score (nSPS) is 12.5. The summed E-state index contributed by atoms with van der Waals surface area (Å²) in [5.74, 6) is 0.649. The summed E-state index contributed by atoms with van der Waals surface area (Å²) in [4.78, 5) is 17.4. The third kappa shape index (κ3) is 6.29. The largest absolute Gasteiger partial charge is 0.316 e. The molecular weight excluding hydrogens is 424 g/mol. The second-order valence-corrected chi connectivity index (χ2v) is 10.9. The summed E-state index contributed by atoms with van der Waals surface area (Å²) < 4.78 is 27.7. The third-order valence-electron chi connectivity index (χ3n) is 4.40. The minimum atomic E-state index is -3.24. The van der Waals surface area contributed by atoms with Crippen LogP contribution in [0.15, 0.2) is 59.6 Å². The molecule has 8 heteroatoms. The van der Waals surface area contributed by atoms with Crippen LogP contribution in [0.3, 0.4) is 0 Å². The van der Waals surface area contributed by atoms with E-state index in [1.54, 1.807) is 23.9 Å². The van der Waals surface area contributed by atoms with Crippen LogP contribution in [-0.2, 0) is 26.9 Å². The van der Waals surface area contributed by atoms with E-state index in [0.29, 0.717) is 4.80 Å². The molecule has 0 saturated carbocycles. The molecule has 0 aliphatic carbocycles. The van der Waals surface area contributed by atoms with Gasteiger partial charge in [-0.3, -0.25) is 4.79 Å². The molecular formula is C21H24N2O3S3. The van der Waals surface area contributed by atoms with Crippen molar-refractivity contribution in [3.8, 4) is 0 Å². The molecule has 0 spiro atoms. The number of fused-ring (bicyclic) bond motifs is 1. The third-order valence-corrected chi connectivity index (χ3v) is 7.74. The molecule has 2 aromatic carbocycles. The number of rotatable bonds is 9. The van der Waals surface area contributed by atoms with Gasteiger partial charge in [-0.05, 0) is 30.4 Å². The predicted octanol–water partition coefficient (Wildman–Crippen LogP) is 3.89. The monoisotopic (exact) mass is 448 g/mol. The highest BCUT2D eigenvalue weighted by Crippen LogP contribution is 2.17. The van der Waals surface area contributed by atoms with Gasteiger partial charge in [0.2, 0.25) is 5.91 Å². The van der Waals surface area contributed by atoms with E-state index < -0.39 is 9.84 Å². The lowest BCUT2D eigenvalue weighted by molar-refractivity contribution is -0.118. The van der Waals surface area contributed by atoms with Gasteiger partial charge in [0.25, 0.3) is 0 Å². The zero-order valence-corrected chi connectivity index (χ0v) is 18.7. The number of thiazole rings is 1. The van der Waals surface area contributed by atoms with Crippen molar-refractivity contribution in [1.29, 1.82) is 0 Å². The Morgan fingerprint density at radius 3 is 2.59 bits per heavy atom. The van der Waals surface area contributed by atoms with Gasteiger partial charge in [0, 0.05) is 18.7 Å². The predicted molar refractivity (Wildman–Crippen MR) is 122 cm³/mol. The van der Waals surface area contributed by atoms with Crippen LogP contribution in [0.1, 0.15) is 18.4 Å². The molecule has 5 nitrogen and oxygen atoms in total.